The normalized spacial score (nSPS) is 12.8. The average Bonchev–Trinajstić information content (AvgIpc) is 3.06. The molecule has 0 bridgehead atoms. The number of ether oxygens (including phenoxy) is 2. The highest BCUT2D eigenvalue weighted by Crippen LogP contribution is 2.12. The molecule has 3 unspecified atom stereocenters. The van der Waals surface area contributed by atoms with Crippen molar-refractivity contribution in [2.45, 2.75) is 162 Å². The molecule has 5 N–H and O–H groups in total. The Morgan fingerprint density at radius 2 is 0.923 bits per heavy atom. The van der Waals surface area contributed by atoms with E-state index in [-0.39, 0.29) is 67.9 Å². The lowest BCUT2D eigenvalue weighted by molar-refractivity contribution is -0.149. The van der Waals surface area contributed by atoms with Crippen molar-refractivity contribution in [1.82, 2.24) is 21.3 Å². The first kappa shape index (κ1) is 48.5. The minimum absolute atomic E-state index is 0.0117. The zero-order valence-corrected chi connectivity index (χ0v) is 32.7. The van der Waals surface area contributed by atoms with Crippen molar-refractivity contribution in [3.8, 4) is 0 Å². The Bertz CT molecular complexity index is 1080. The first-order valence-corrected chi connectivity index (χ1v) is 19.2. The molecule has 0 radical (unpaired) electrons. The number of likely N-dealkylation sites (N-methyl/N-ethyl adjacent to an activating group) is 1. The molecule has 14 heteroatoms. The van der Waals surface area contributed by atoms with Gasteiger partial charge in [-0.25, -0.2) is 9.59 Å². The smallest absolute Gasteiger partial charge is 0.328 e. The number of nitrogens with one attached hydrogen (secondary N) is 4. The van der Waals surface area contributed by atoms with Crippen LogP contribution < -0.4 is 21.3 Å². The minimum Gasteiger partial charge on any atom is -0.480 e. The van der Waals surface area contributed by atoms with Crippen molar-refractivity contribution in [2.75, 3.05) is 26.8 Å². The Morgan fingerprint density at radius 1 is 0.538 bits per heavy atom. The number of hydrogen-bond acceptors (Lipinski definition) is 10. The van der Waals surface area contributed by atoms with Gasteiger partial charge in [-0.05, 0) is 83.6 Å². The summed E-state index contributed by atoms with van der Waals surface area (Å²) in [4.78, 5) is 84.5. The molecule has 0 saturated carbocycles. The van der Waals surface area contributed by atoms with Crippen LogP contribution in [0.1, 0.15) is 144 Å². The third kappa shape index (κ3) is 27.1. The summed E-state index contributed by atoms with van der Waals surface area (Å²) in [5, 5.41) is 19.8. The van der Waals surface area contributed by atoms with E-state index in [0.717, 1.165) is 32.1 Å². The van der Waals surface area contributed by atoms with Gasteiger partial charge in [-0.2, -0.15) is 0 Å². The van der Waals surface area contributed by atoms with E-state index < -0.39 is 36.0 Å². The summed E-state index contributed by atoms with van der Waals surface area (Å²) in [6, 6.07) is -2.29. The van der Waals surface area contributed by atoms with Gasteiger partial charge >= 0.3 is 17.9 Å². The predicted molar refractivity (Wildman–Crippen MR) is 198 cm³/mol. The van der Waals surface area contributed by atoms with Crippen molar-refractivity contribution in [2.24, 2.45) is 11.8 Å². The van der Waals surface area contributed by atoms with Crippen LogP contribution in [0.2, 0.25) is 0 Å². The fourth-order valence-electron chi connectivity index (χ4n) is 5.39. The maximum absolute atomic E-state index is 12.8. The van der Waals surface area contributed by atoms with Crippen molar-refractivity contribution in [3.63, 3.8) is 0 Å². The maximum atomic E-state index is 12.8. The second kappa shape index (κ2) is 30.0. The van der Waals surface area contributed by atoms with Gasteiger partial charge in [0.2, 0.25) is 17.7 Å². The van der Waals surface area contributed by atoms with E-state index in [1.54, 1.807) is 6.92 Å². The van der Waals surface area contributed by atoms with Crippen LogP contribution in [-0.4, -0.2) is 91.5 Å². The van der Waals surface area contributed by atoms with Gasteiger partial charge in [-0.1, -0.05) is 53.4 Å². The molecular weight excluding hydrogens is 672 g/mol. The van der Waals surface area contributed by atoms with E-state index in [0.29, 0.717) is 64.2 Å². The molecule has 0 aliphatic heterocycles. The number of carboxylic acid groups (broad SMARTS) is 1. The van der Waals surface area contributed by atoms with Crippen LogP contribution in [0.3, 0.4) is 0 Å². The number of amides is 3. The summed E-state index contributed by atoms with van der Waals surface area (Å²) in [6.45, 7) is 9.83. The van der Waals surface area contributed by atoms with E-state index >= 15 is 0 Å². The summed E-state index contributed by atoms with van der Waals surface area (Å²) in [6.07, 6.45) is 10.1. The van der Waals surface area contributed by atoms with Gasteiger partial charge < -0.3 is 40.6 Å². The minimum atomic E-state index is -1.03. The quantitative estimate of drug-likeness (QED) is 0.0484. The number of rotatable bonds is 32. The second-order valence-electron chi connectivity index (χ2n) is 14.4. The highest BCUT2D eigenvalue weighted by molar-refractivity contribution is 5.85. The third-order valence-electron chi connectivity index (χ3n) is 8.32. The van der Waals surface area contributed by atoms with Crippen LogP contribution in [0.5, 0.6) is 0 Å². The van der Waals surface area contributed by atoms with Crippen molar-refractivity contribution in [1.29, 1.82) is 0 Å². The molecule has 0 aromatic rings. The zero-order valence-electron chi connectivity index (χ0n) is 32.7. The number of aliphatic carboxylic acids is 1. The first-order valence-electron chi connectivity index (χ1n) is 19.2. The molecule has 0 aromatic carbocycles. The molecule has 0 aliphatic carbocycles. The fourth-order valence-corrected chi connectivity index (χ4v) is 5.39. The van der Waals surface area contributed by atoms with Crippen LogP contribution in [-0.2, 0) is 43.0 Å². The summed E-state index contributed by atoms with van der Waals surface area (Å²) in [7, 11) is 1.52. The van der Waals surface area contributed by atoms with E-state index in [4.69, 9.17) is 14.6 Å². The average molecular weight is 741 g/mol. The number of hydrogen-bond donors (Lipinski definition) is 5. The predicted octanol–water partition coefficient (Wildman–Crippen LogP) is 4.36. The second-order valence-corrected chi connectivity index (χ2v) is 14.4. The molecule has 14 nitrogen and oxygen atoms in total. The summed E-state index contributed by atoms with van der Waals surface area (Å²) in [5.74, 6) is -2.08. The highest BCUT2D eigenvalue weighted by Gasteiger charge is 2.24. The summed E-state index contributed by atoms with van der Waals surface area (Å²) >= 11 is 0. The Kier molecular flexibility index (Phi) is 27.9. The molecule has 3 atom stereocenters. The van der Waals surface area contributed by atoms with E-state index in [1.165, 1.54) is 7.05 Å². The van der Waals surface area contributed by atoms with Gasteiger partial charge in [0.1, 0.15) is 23.9 Å². The van der Waals surface area contributed by atoms with Crippen LogP contribution >= 0.6 is 0 Å². The molecule has 0 saturated heterocycles. The number of Topliss-reactive ketones (excluding diaryl/α,β-unsaturated/α-hetero) is 1. The van der Waals surface area contributed by atoms with E-state index in [1.807, 2.05) is 27.7 Å². The number of ketones is 1. The lowest BCUT2D eigenvalue weighted by atomic mass is 10.0. The Balaban J connectivity index is 4.35. The number of carbonyl (C=O) groups excluding carboxylic acids is 6. The lowest BCUT2D eigenvalue weighted by Gasteiger charge is -2.20. The summed E-state index contributed by atoms with van der Waals surface area (Å²) < 4.78 is 10.9. The maximum Gasteiger partial charge on any atom is 0.328 e. The molecule has 300 valence electrons. The largest absolute Gasteiger partial charge is 0.480 e. The van der Waals surface area contributed by atoms with Gasteiger partial charge in [0.25, 0.3) is 0 Å². The number of unbranched alkanes of at least 4 members (excludes halogenated alkanes) is 8. The number of carbonyl (C=O) groups is 7. The lowest BCUT2D eigenvalue weighted by Crippen LogP contribution is -2.44. The van der Waals surface area contributed by atoms with E-state index in [2.05, 4.69) is 21.3 Å². The van der Waals surface area contributed by atoms with Crippen molar-refractivity contribution >= 4 is 41.4 Å². The topological polar surface area (TPSA) is 206 Å². The number of carboxylic acids is 1. The van der Waals surface area contributed by atoms with Crippen molar-refractivity contribution < 1.29 is 48.1 Å². The van der Waals surface area contributed by atoms with Gasteiger partial charge in [0, 0.05) is 32.2 Å². The monoisotopic (exact) mass is 740 g/mol. The molecule has 0 spiro atoms. The van der Waals surface area contributed by atoms with Gasteiger partial charge in [0.05, 0.1) is 13.2 Å². The molecule has 0 fully saturated rings. The van der Waals surface area contributed by atoms with Gasteiger partial charge in [-0.3, -0.25) is 19.2 Å². The van der Waals surface area contributed by atoms with Gasteiger partial charge in [-0.15, -0.1) is 0 Å². The number of esters is 2. The first-order chi connectivity index (χ1) is 24.7. The van der Waals surface area contributed by atoms with Gasteiger partial charge in [0.15, 0.2) is 0 Å². The Hall–Kier alpha value is -3.55. The van der Waals surface area contributed by atoms with Crippen LogP contribution in [0.15, 0.2) is 0 Å². The molecule has 0 rings (SSSR count). The molecular formula is C38H68N4O10. The SMILES string of the molecule is CNC(CNC(=O)CCCCCCC(=O)NC(CC(C)C)C(=O)OCCCCCOC(=O)C(CC(C)C)NC(=O)CCCCCCC(C)=O)C(=O)O. The summed E-state index contributed by atoms with van der Waals surface area (Å²) in [5.41, 5.74) is 0. The molecule has 3 amide bonds. The Morgan fingerprint density at radius 3 is 1.29 bits per heavy atom. The standard InChI is InChI=1S/C38H68N4O10/c1-27(2)24-30(41-34(45)20-14-8-7-12-18-29(5)43)37(49)51-22-16-11-17-23-52-38(50)31(25-28(3)4)42-35(46)21-15-10-9-13-19-33(44)40-26-32(39-6)36(47)48/h27-28,30-32,39H,7-26H2,1-6H3,(H,40,44)(H,41,45)(H,42,46)(H,47,48). The fraction of sp³-hybridized carbons (Fsp3) is 0.816. The van der Waals surface area contributed by atoms with E-state index in [9.17, 15) is 33.6 Å². The van der Waals surface area contributed by atoms with Crippen LogP contribution in [0, 0.1) is 11.8 Å². The third-order valence-corrected chi connectivity index (χ3v) is 8.32. The molecule has 0 aromatic heterocycles. The molecule has 52 heavy (non-hydrogen) atoms. The Labute approximate surface area is 311 Å². The highest BCUT2D eigenvalue weighted by atomic mass is 16.5. The van der Waals surface area contributed by atoms with Crippen LogP contribution in [0.4, 0.5) is 0 Å². The molecule has 0 aliphatic rings. The zero-order chi connectivity index (χ0) is 39.3. The molecule has 0 heterocycles. The van der Waals surface area contributed by atoms with Crippen LogP contribution in [0.25, 0.3) is 0 Å². The van der Waals surface area contributed by atoms with Crippen molar-refractivity contribution in [3.05, 3.63) is 0 Å².